The third kappa shape index (κ3) is 14.3. The lowest BCUT2D eigenvalue weighted by molar-refractivity contribution is 0.0934. The van der Waals surface area contributed by atoms with Gasteiger partial charge in [-0.3, -0.25) is 14.6 Å². The highest BCUT2D eigenvalue weighted by molar-refractivity contribution is 6.00. The Morgan fingerprint density at radius 1 is 0.910 bits per heavy atom. The van der Waals surface area contributed by atoms with Crippen molar-refractivity contribution in [3.05, 3.63) is 186 Å². The highest BCUT2D eigenvalue weighted by Gasteiger charge is 2.25. The molecule has 67 heavy (non-hydrogen) atoms. The molecular weight excluding hydrogens is 839 g/mol. The second-order valence-electron chi connectivity index (χ2n) is 15.2. The minimum atomic E-state index is -0.0883. The van der Waals surface area contributed by atoms with Gasteiger partial charge in [0.15, 0.2) is 12.7 Å². The summed E-state index contributed by atoms with van der Waals surface area (Å²) in [5, 5.41) is 6.20. The molecule has 2 N–H and O–H groups in total. The Bertz CT molecular complexity index is 2870. The van der Waals surface area contributed by atoms with Crippen molar-refractivity contribution in [3.8, 4) is 22.6 Å². The lowest BCUT2D eigenvalue weighted by Gasteiger charge is -2.27. The average molecular weight is 902 g/mol. The number of furan rings is 1. The Labute approximate surface area is 394 Å². The van der Waals surface area contributed by atoms with Gasteiger partial charge in [-0.15, -0.1) is 0 Å². The molecule has 9 rings (SSSR count). The number of amides is 1. The number of hydrogen-bond acceptors (Lipinski definition) is 10. The molecule has 1 aliphatic rings. The number of oxazole rings is 1. The summed E-state index contributed by atoms with van der Waals surface area (Å²) in [5.41, 5.74) is 12.9. The van der Waals surface area contributed by atoms with Gasteiger partial charge in [-0.25, -0.2) is 19.9 Å². The second kappa shape index (κ2) is 26.1. The van der Waals surface area contributed by atoms with Crippen molar-refractivity contribution in [2.24, 2.45) is 4.99 Å². The largest absolute Gasteiger partial charge is 0.464 e. The smallest absolute Gasteiger partial charge is 0.255 e. The van der Waals surface area contributed by atoms with Crippen LogP contribution in [0.4, 0.5) is 5.82 Å². The number of aromatic nitrogens is 6. The number of anilines is 1. The Morgan fingerprint density at radius 3 is 2.13 bits per heavy atom. The molecule has 1 unspecified atom stereocenters. The standard InChI is InChI=1S/C23H22N4O2.2C10H10N2O.C5H8.C4H7N.C2H6/c1-14-10-15(2)27-9-8-18(22(27)25-14)23(28)26-20-5-3-4-16-6-7-17(11-19(16)20)21-12-29-13-24-21;1-7-5-8(2)12-4-3-9(6-13)10(12)11-7;1-11-10-5-4-8(7-12-10)9-3-2-6-13-9;1-4-5(2)3;1-3-4-5-2;1-2/h6-13,20H,3-5H2,1-2H3,(H,26,28);3-6H,1-2H3;2-7H,1H3,(H,11,12);4H,1-2H2,3H3;3-4H,2H2,1H3;1-2H3/b;;;;4-3-;. The fourth-order valence-corrected chi connectivity index (χ4v) is 7.01. The van der Waals surface area contributed by atoms with Crippen LogP contribution in [0.25, 0.3) is 33.9 Å². The summed E-state index contributed by atoms with van der Waals surface area (Å²) in [5.74, 6) is 1.61. The molecule has 348 valence electrons. The predicted molar refractivity (Wildman–Crippen MR) is 272 cm³/mol. The minimum Gasteiger partial charge on any atom is -0.464 e. The topological polar surface area (TPSA) is 157 Å². The Kier molecular flexibility index (Phi) is 20.2. The van der Waals surface area contributed by atoms with Crippen molar-refractivity contribution < 1.29 is 18.4 Å². The van der Waals surface area contributed by atoms with Gasteiger partial charge in [-0.2, -0.15) is 0 Å². The van der Waals surface area contributed by atoms with Crippen LogP contribution in [0.2, 0.25) is 0 Å². The monoisotopic (exact) mass is 902 g/mol. The van der Waals surface area contributed by atoms with E-state index >= 15 is 0 Å². The quantitative estimate of drug-likeness (QED) is 0.0860. The van der Waals surface area contributed by atoms with E-state index in [1.54, 1.807) is 37.1 Å². The molecule has 0 fully saturated rings. The molecule has 13 nitrogen and oxygen atoms in total. The SMILES string of the molecule is C=CC(=C)C.C=N/C=C\C.CC.CNc1ccc(-c2ccco2)cn1.Cc1cc(C)n2ccc(C(=O)NC3CCCc4ccc(-c5cocn5)cc43)c2n1.Cc1cc(C)n2ccc(C=O)c2n1. The molecule has 7 heterocycles. The molecule has 1 amide bonds. The van der Waals surface area contributed by atoms with Gasteiger partial charge in [-0.1, -0.05) is 56.9 Å². The number of aryl methyl sites for hydroxylation is 5. The van der Waals surface area contributed by atoms with Gasteiger partial charge >= 0.3 is 0 Å². The number of aliphatic imine (C=N–C) groups is 1. The molecule has 8 aromatic rings. The molecule has 0 radical (unpaired) electrons. The zero-order chi connectivity index (χ0) is 48.9. The van der Waals surface area contributed by atoms with Gasteiger partial charge in [0.2, 0.25) is 0 Å². The molecule has 0 saturated carbocycles. The van der Waals surface area contributed by atoms with E-state index in [9.17, 15) is 9.59 Å². The number of benzene rings is 1. The number of allylic oxidation sites excluding steroid dienone is 3. The first kappa shape index (κ1) is 51.7. The summed E-state index contributed by atoms with van der Waals surface area (Å²) in [6.07, 6.45) is 19.3. The van der Waals surface area contributed by atoms with Crippen molar-refractivity contribution in [3.63, 3.8) is 0 Å². The number of rotatable bonds is 8. The molecule has 1 aliphatic carbocycles. The first-order valence-corrected chi connectivity index (χ1v) is 22.1. The van der Waals surface area contributed by atoms with Crippen LogP contribution in [-0.2, 0) is 6.42 Å². The second-order valence-corrected chi connectivity index (χ2v) is 15.2. The number of pyridine rings is 1. The van der Waals surface area contributed by atoms with Crippen LogP contribution in [-0.4, -0.2) is 54.7 Å². The summed E-state index contributed by atoms with van der Waals surface area (Å²) < 4.78 is 14.2. The van der Waals surface area contributed by atoms with Gasteiger partial charge in [0.1, 0.15) is 34.8 Å². The van der Waals surface area contributed by atoms with Crippen molar-refractivity contribution >= 4 is 36.0 Å². The van der Waals surface area contributed by atoms with Gasteiger partial charge in [-0.05, 0) is 133 Å². The molecular formula is C54H63N9O4. The molecule has 1 atom stereocenters. The zero-order valence-electron chi connectivity index (χ0n) is 40.2. The number of carbonyl (C=O) groups excluding carboxylic acids is 2. The number of nitrogens with one attached hydrogen (secondary N) is 2. The maximum absolute atomic E-state index is 13.1. The first-order chi connectivity index (χ1) is 32.4. The van der Waals surface area contributed by atoms with Gasteiger partial charge in [0.05, 0.1) is 23.4 Å². The third-order valence-corrected chi connectivity index (χ3v) is 10.2. The molecule has 0 aliphatic heterocycles. The fraction of sp³-hybridized carbons (Fsp3) is 0.241. The lowest BCUT2D eigenvalue weighted by atomic mass is 9.86. The van der Waals surface area contributed by atoms with Crippen LogP contribution in [0.3, 0.4) is 0 Å². The summed E-state index contributed by atoms with van der Waals surface area (Å²) in [6.45, 7) is 25.9. The normalized spacial score (nSPS) is 12.2. The maximum atomic E-state index is 13.1. The number of aldehydes is 1. The average Bonchev–Trinajstić information content (AvgIpc) is 4.19. The van der Waals surface area contributed by atoms with E-state index in [2.05, 4.69) is 73.6 Å². The van der Waals surface area contributed by atoms with E-state index in [-0.39, 0.29) is 11.9 Å². The Hall–Kier alpha value is -7.93. The minimum absolute atomic E-state index is 0.0287. The van der Waals surface area contributed by atoms with E-state index in [1.807, 2.05) is 132 Å². The van der Waals surface area contributed by atoms with Crippen LogP contribution in [0.15, 0.2) is 155 Å². The van der Waals surface area contributed by atoms with E-state index in [4.69, 9.17) is 8.83 Å². The van der Waals surface area contributed by atoms with E-state index in [0.717, 1.165) is 93.5 Å². The number of carbonyl (C=O) groups is 2. The fourth-order valence-electron chi connectivity index (χ4n) is 7.01. The summed E-state index contributed by atoms with van der Waals surface area (Å²) in [6, 6.07) is 21.6. The van der Waals surface area contributed by atoms with Crippen LogP contribution in [0.1, 0.15) is 101 Å². The van der Waals surface area contributed by atoms with Crippen LogP contribution >= 0.6 is 0 Å². The Balaban J connectivity index is 0.000000214. The number of hydrogen-bond donors (Lipinski definition) is 2. The zero-order valence-corrected chi connectivity index (χ0v) is 40.2. The van der Waals surface area contributed by atoms with E-state index < -0.39 is 0 Å². The van der Waals surface area contributed by atoms with Crippen molar-refractivity contribution in [2.45, 2.75) is 80.7 Å². The predicted octanol–water partition coefficient (Wildman–Crippen LogP) is 12.6. The highest BCUT2D eigenvalue weighted by atomic mass is 16.3. The van der Waals surface area contributed by atoms with Crippen LogP contribution < -0.4 is 10.6 Å². The molecule has 13 heteroatoms. The van der Waals surface area contributed by atoms with Crippen LogP contribution in [0, 0.1) is 27.7 Å². The van der Waals surface area contributed by atoms with Crippen molar-refractivity contribution in [2.75, 3.05) is 12.4 Å². The van der Waals surface area contributed by atoms with Gasteiger partial charge < -0.3 is 28.3 Å². The van der Waals surface area contributed by atoms with Crippen molar-refractivity contribution in [1.29, 1.82) is 0 Å². The summed E-state index contributed by atoms with van der Waals surface area (Å²) in [4.78, 5) is 44.5. The first-order valence-electron chi connectivity index (χ1n) is 22.1. The molecule has 1 aromatic carbocycles. The summed E-state index contributed by atoms with van der Waals surface area (Å²) in [7, 11) is 1.84. The molecule has 0 spiro atoms. The number of nitrogens with zero attached hydrogens (tertiary/aromatic N) is 7. The summed E-state index contributed by atoms with van der Waals surface area (Å²) >= 11 is 0. The van der Waals surface area contributed by atoms with Crippen LogP contribution in [0.5, 0.6) is 0 Å². The maximum Gasteiger partial charge on any atom is 0.255 e. The Morgan fingerprint density at radius 2 is 1.58 bits per heavy atom. The van der Waals surface area contributed by atoms with Gasteiger partial charge in [0.25, 0.3) is 5.91 Å². The third-order valence-electron chi connectivity index (χ3n) is 10.2. The highest BCUT2D eigenvalue weighted by Crippen LogP contribution is 2.33. The number of fused-ring (bicyclic) bond motifs is 3. The van der Waals surface area contributed by atoms with Gasteiger partial charge in [0, 0.05) is 65.7 Å². The molecule has 0 saturated heterocycles. The van der Waals surface area contributed by atoms with E-state index in [1.165, 1.54) is 12.0 Å². The van der Waals surface area contributed by atoms with E-state index in [0.29, 0.717) is 16.8 Å². The lowest BCUT2D eigenvalue weighted by Crippen LogP contribution is -2.31. The molecule has 0 bridgehead atoms. The molecule has 7 aromatic heterocycles. The van der Waals surface area contributed by atoms with Crippen molar-refractivity contribution in [1.82, 2.24) is 34.1 Å².